The molecule has 1 unspecified atom stereocenters. The Labute approximate surface area is 128 Å². The fraction of sp³-hybridized carbons (Fsp3) is 0.667. The molecular weight excluding hydrogens is 262 g/mol. The van der Waals surface area contributed by atoms with Gasteiger partial charge in [-0.05, 0) is 56.3 Å². The number of fused-ring (bicyclic) bond motifs is 1. The molecule has 1 N–H and O–H groups in total. The molecule has 1 aliphatic carbocycles. The summed E-state index contributed by atoms with van der Waals surface area (Å²) in [6, 6.07) is 6.87. The Bertz CT molecular complexity index is 455. The summed E-state index contributed by atoms with van der Waals surface area (Å²) in [5.41, 5.74) is 1.34. The largest absolute Gasteiger partial charge is 0.454 e. The van der Waals surface area contributed by atoms with E-state index in [1.165, 1.54) is 50.6 Å². The van der Waals surface area contributed by atoms with E-state index in [-0.39, 0.29) is 0 Å². The second-order valence-corrected chi connectivity index (χ2v) is 6.52. The van der Waals surface area contributed by atoms with E-state index in [0.717, 1.165) is 23.8 Å². The van der Waals surface area contributed by atoms with E-state index in [9.17, 15) is 0 Å². The Balaban J connectivity index is 1.36. The maximum atomic E-state index is 5.43. The average molecular weight is 289 g/mol. The van der Waals surface area contributed by atoms with Crippen LogP contribution in [0.4, 0.5) is 0 Å². The van der Waals surface area contributed by atoms with E-state index in [1.54, 1.807) is 0 Å². The molecule has 116 valence electrons. The van der Waals surface area contributed by atoms with E-state index in [4.69, 9.17) is 9.47 Å². The molecule has 3 nitrogen and oxygen atoms in total. The van der Waals surface area contributed by atoms with Gasteiger partial charge in [-0.3, -0.25) is 0 Å². The van der Waals surface area contributed by atoms with Crippen LogP contribution in [0.2, 0.25) is 0 Å². The number of ether oxygens (including phenoxy) is 2. The van der Waals surface area contributed by atoms with Gasteiger partial charge in [0.1, 0.15) is 0 Å². The molecule has 0 radical (unpaired) electrons. The topological polar surface area (TPSA) is 30.5 Å². The van der Waals surface area contributed by atoms with Gasteiger partial charge in [0.05, 0.1) is 0 Å². The van der Waals surface area contributed by atoms with Crippen LogP contribution < -0.4 is 14.8 Å². The van der Waals surface area contributed by atoms with Gasteiger partial charge in [0.2, 0.25) is 6.79 Å². The summed E-state index contributed by atoms with van der Waals surface area (Å²) in [6.07, 6.45) is 9.42. The highest BCUT2D eigenvalue weighted by atomic mass is 16.7. The monoisotopic (exact) mass is 289 g/mol. The number of hydrogen-bond acceptors (Lipinski definition) is 3. The van der Waals surface area contributed by atoms with Crippen molar-refractivity contribution in [3.05, 3.63) is 23.8 Å². The van der Waals surface area contributed by atoms with Crippen molar-refractivity contribution in [1.29, 1.82) is 0 Å². The zero-order valence-corrected chi connectivity index (χ0v) is 13.1. The first-order valence-electron chi connectivity index (χ1n) is 8.43. The third-order valence-corrected chi connectivity index (χ3v) is 4.82. The summed E-state index contributed by atoms with van der Waals surface area (Å²) in [4.78, 5) is 0. The summed E-state index contributed by atoms with van der Waals surface area (Å²) in [6.45, 7) is 3.83. The molecule has 21 heavy (non-hydrogen) atoms. The van der Waals surface area contributed by atoms with Gasteiger partial charge in [-0.15, -0.1) is 0 Å². The molecule has 2 aliphatic rings. The lowest BCUT2D eigenvalue weighted by Crippen LogP contribution is -2.28. The minimum Gasteiger partial charge on any atom is -0.454 e. The van der Waals surface area contributed by atoms with Gasteiger partial charge >= 0.3 is 0 Å². The van der Waals surface area contributed by atoms with Crippen molar-refractivity contribution >= 4 is 0 Å². The van der Waals surface area contributed by atoms with E-state index >= 15 is 0 Å². The van der Waals surface area contributed by atoms with Gasteiger partial charge < -0.3 is 14.8 Å². The van der Waals surface area contributed by atoms with E-state index < -0.39 is 0 Å². The predicted molar refractivity (Wildman–Crippen MR) is 84.9 cm³/mol. The summed E-state index contributed by atoms with van der Waals surface area (Å²) < 4.78 is 10.8. The molecule has 1 heterocycles. The number of benzene rings is 1. The quantitative estimate of drug-likeness (QED) is 0.825. The van der Waals surface area contributed by atoms with Crippen LogP contribution in [0.25, 0.3) is 0 Å². The summed E-state index contributed by atoms with van der Waals surface area (Å²) in [7, 11) is 0. The summed E-state index contributed by atoms with van der Waals surface area (Å²) in [5, 5.41) is 3.68. The minimum atomic E-state index is 0.359. The lowest BCUT2D eigenvalue weighted by Gasteiger charge is -2.16. The van der Waals surface area contributed by atoms with Crippen LogP contribution in [-0.2, 0) is 6.42 Å². The van der Waals surface area contributed by atoms with E-state index in [2.05, 4.69) is 24.4 Å². The van der Waals surface area contributed by atoms with Crippen molar-refractivity contribution in [1.82, 2.24) is 5.32 Å². The molecule has 1 fully saturated rings. The third-order valence-electron chi connectivity index (χ3n) is 4.82. The van der Waals surface area contributed by atoms with Crippen molar-refractivity contribution in [2.24, 2.45) is 5.92 Å². The molecule has 0 bridgehead atoms. The van der Waals surface area contributed by atoms with Gasteiger partial charge in [0.25, 0.3) is 0 Å². The van der Waals surface area contributed by atoms with Crippen molar-refractivity contribution in [2.45, 2.75) is 57.9 Å². The molecule has 1 atom stereocenters. The molecule has 0 aromatic heterocycles. The highest BCUT2D eigenvalue weighted by Crippen LogP contribution is 2.32. The fourth-order valence-electron chi connectivity index (χ4n) is 3.41. The first kappa shape index (κ1) is 14.7. The smallest absolute Gasteiger partial charge is 0.231 e. The SMILES string of the molecule is CC(CCc1ccc2c(c1)OCO2)NCCC1CCCC1. The number of hydrogen-bond donors (Lipinski definition) is 1. The van der Waals surface area contributed by atoms with Crippen molar-refractivity contribution in [2.75, 3.05) is 13.3 Å². The Morgan fingerprint density at radius 3 is 2.86 bits per heavy atom. The zero-order chi connectivity index (χ0) is 14.5. The molecule has 1 saturated carbocycles. The predicted octanol–water partition coefficient (Wildman–Crippen LogP) is 3.91. The van der Waals surface area contributed by atoms with Crippen LogP contribution in [0.15, 0.2) is 18.2 Å². The number of aryl methyl sites for hydroxylation is 1. The second-order valence-electron chi connectivity index (χ2n) is 6.52. The van der Waals surface area contributed by atoms with Gasteiger partial charge in [0.15, 0.2) is 11.5 Å². The normalized spacial score (nSPS) is 19.1. The lowest BCUT2D eigenvalue weighted by atomic mass is 10.0. The van der Waals surface area contributed by atoms with E-state index in [0.29, 0.717) is 12.8 Å². The summed E-state index contributed by atoms with van der Waals surface area (Å²) in [5.74, 6) is 2.76. The summed E-state index contributed by atoms with van der Waals surface area (Å²) >= 11 is 0. The van der Waals surface area contributed by atoms with Crippen molar-refractivity contribution in [3.63, 3.8) is 0 Å². The second kappa shape index (κ2) is 7.17. The third kappa shape index (κ3) is 4.13. The highest BCUT2D eigenvalue weighted by molar-refractivity contribution is 5.44. The van der Waals surface area contributed by atoms with Gasteiger partial charge in [-0.25, -0.2) is 0 Å². The average Bonchev–Trinajstić information content (AvgIpc) is 3.15. The zero-order valence-electron chi connectivity index (χ0n) is 13.1. The van der Waals surface area contributed by atoms with Gasteiger partial charge in [-0.1, -0.05) is 31.7 Å². The Morgan fingerprint density at radius 2 is 2.00 bits per heavy atom. The Kier molecular flexibility index (Phi) is 5.02. The molecular formula is C18H27NO2. The van der Waals surface area contributed by atoms with Crippen LogP contribution >= 0.6 is 0 Å². The molecule has 1 aliphatic heterocycles. The highest BCUT2D eigenvalue weighted by Gasteiger charge is 2.15. The van der Waals surface area contributed by atoms with Crippen LogP contribution in [0, 0.1) is 5.92 Å². The first-order chi connectivity index (χ1) is 10.3. The number of nitrogens with one attached hydrogen (secondary N) is 1. The van der Waals surface area contributed by atoms with Crippen LogP contribution in [0.3, 0.4) is 0 Å². The molecule has 0 saturated heterocycles. The first-order valence-corrected chi connectivity index (χ1v) is 8.43. The molecule has 0 spiro atoms. The van der Waals surface area contributed by atoms with Gasteiger partial charge in [-0.2, -0.15) is 0 Å². The fourth-order valence-corrected chi connectivity index (χ4v) is 3.41. The maximum absolute atomic E-state index is 5.43. The van der Waals surface area contributed by atoms with Crippen LogP contribution in [0.5, 0.6) is 11.5 Å². The lowest BCUT2D eigenvalue weighted by molar-refractivity contribution is 0.174. The molecule has 3 rings (SSSR count). The van der Waals surface area contributed by atoms with Crippen LogP contribution in [0.1, 0.15) is 51.0 Å². The molecule has 1 aromatic rings. The molecule has 1 aromatic carbocycles. The van der Waals surface area contributed by atoms with Gasteiger partial charge in [0, 0.05) is 6.04 Å². The van der Waals surface area contributed by atoms with E-state index in [1.807, 2.05) is 6.07 Å². The Morgan fingerprint density at radius 1 is 1.19 bits per heavy atom. The molecule has 0 amide bonds. The van der Waals surface area contributed by atoms with Crippen molar-refractivity contribution in [3.8, 4) is 11.5 Å². The van der Waals surface area contributed by atoms with Crippen molar-refractivity contribution < 1.29 is 9.47 Å². The Hall–Kier alpha value is -1.22. The standard InChI is InChI=1S/C18H27NO2/c1-14(19-11-10-15-4-2-3-5-15)6-7-16-8-9-17-18(12-16)21-13-20-17/h8-9,12,14-15,19H,2-7,10-11,13H2,1H3. The molecule has 3 heteroatoms. The minimum absolute atomic E-state index is 0.359. The van der Waals surface area contributed by atoms with Crippen LogP contribution in [-0.4, -0.2) is 19.4 Å². The maximum Gasteiger partial charge on any atom is 0.231 e. The number of rotatable bonds is 7.